The molecule has 0 spiro atoms. The Morgan fingerprint density at radius 1 is 1.21 bits per heavy atom. The molecule has 0 fully saturated rings. The lowest BCUT2D eigenvalue weighted by molar-refractivity contribution is 0.0697. The second kappa shape index (κ2) is 5.06. The molecule has 3 nitrogen and oxygen atoms in total. The molecule has 5 heteroatoms. The van der Waals surface area contributed by atoms with E-state index >= 15 is 0 Å². The topological polar surface area (TPSA) is 49.3 Å². The van der Waals surface area contributed by atoms with Crippen molar-refractivity contribution in [1.29, 1.82) is 0 Å². The Bertz CT molecular complexity index is 641. The van der Waals surface area contributed by atoms with E-state index in [1.165, 1.54) is 30.3 Å². The molecule has 0 aliphatic heterocycles. The van der Waals surface area contributed by atoms with Crippen molar-refractivity contribution in [3.8, 4) is 0 Å². The molecule has 2 aromatic carbocycles. The van der Waals surface area contributed by atoms with Crippen molar-refractivity contribution in [2.24, 2.45) is 0 Å². The number of aromatic carboxylic acids is 1. The summed E-state index contributed by atoms with van der Waals surface area (Å²) in [6, 6.07) is 7.71. The van der Waals surface area contributed by atoms with E-state index < -0.39 is 17.6 Å². The number of carbonyl (C=O) groups is 1. The van der Waals surface area contributed by atoms with Gasteiger partial charge in [0.05, 0.1) is 11.3 Å². The third-order valence-electron chi connectivity index (χ3n) is 2.69. The number of nitrogens with one attached hydrogen (secondary N) is 1. The SMILES string of the molecule is Cc1cc(F)ccc1Nc1c(F)cccc1C(=O)O. The van der Waals surface area contributed by atoms with Crippen LogP contribution in [-0.2, 0) is 0 Å². The van der Waals surface area contributed by atoms with Gasteiger partial charge < -0.3 is 10.4 Å². The van der Waals surface area contributed by atoms with Gasteiger partial charge in [-0.3, -0.25) is 0 Å². The highest BCUT2D eigenvalue weighted by molar-refractivity contribution is 5.95. The average molecular weight is 263 g/mol. The van der Waals surface area contributed by atoms with Crippen LogP contribution in [-0.4, -0.2) is 11.1 Å². The summed E-state index contributed by atoms with van der Waals surface area (Å²) >= 11 is 0. The molecule has 0 saturated heterocycles. The van der Waals surface area contributed by atoms with E-state index in [0.717, 1.165) is 6.07 Å². The Morgan fingerprint density at radius 2 is 1.95 bits per heavy atom. The van der Waals surface area contributed by atoms with Crippen molar-refractivity contribution in [3.05, 3.63) is 59.2 Å². The van der Waals surface area contributed by atoms with Crippen LogP contribution in [0.3, 0.4) is 0 Å². The van der Waals surface area contributed by atoms with Gasteiger partial charge in [0.25, 0.3) is 0 Å². The maximum atomic E-state index is 13.7. The molecular weight excluding hydrogens is 252 g/mol. The second-order valence-electron chi connectivity index (χ2n) is 4.05. The van der Waals surface area contributed by atoms with Crippen molar-refractivity contribution in [2.75, 3.05) is 5.32 Å². The predicted octanol–water partition coefficient (Wildman–Crippen LogP) is 3.72. The van der Waals surface area contributed by atoms with Crippen molar-refractivity contribution >= 4 is 17.3 Å². The maximum Gasteiger partial charge on any atom is 0.337 e. The molecule has 0 radical (unpaired) electrons. The molecule has 0 aliphatic carbocycles. The molecule has 19 heavy (non-hydrogen) atoms. The minimum Gasteiger partial charge on any atom is -0.478 e. The van der Waals surface area contributed by atoms with E-state index in [1.807, 2.05) is 0 Å². The first-order chi connectivity index (χ1) is 8.99. The fraction of sp³-hybridized carbons (Fsp3) is 0.0714. The summed E-state index contributed by atoms with van der Waals surface area (Å²) in [6.45, 7) is 1.65. The summed E-state index contributed by atoms with van der Waals surface area (Å²) in [5.41, 5.74) is 0.696. The zero-order valence-corrected chi connectivity index (χ0v) is 10.1. The van der Waals surface area contributed by atoms with Crippen LogP contribution < -0.4 is 5.32 Å². The molecule has 0 bridgehead atoms. The van der Waals surface area contributed by atoms with Crippen LogP contribution in [0.25, 0.3) is 0 Å². The number of para-hydroxylation sites is 1. The van der Waals surface area contributed by atoms with Crippen molar-refractivity contribution < 1.29 is 18.7 Å². The van der Waals surface area contributed by atoms with Crippen molar-refractivity contribution in [3.63, 3.8) is 0 Å². The lowest BCUT2D eigenvalue weighted by Crippen LogP contribution is -2.05. The Hall–Kier alpha value is -2.43. The molecule has 2 rings (SSSR count). The van der Waals surface area contributed by atoms with E-state index in [1.54, 1.807) is 6.92 Å². The van der Waals surface area contributed by atoms with E-state index in [-0.39, 0.29) is 11.3 Å². The molecule has 0 aromatic heterocycles. The quantitative estimate of drug-likeness (QED) is 0.887. The van der Waals surface area contributed by atoms with Crippen LogP contribution in [0.5, 0.6) is 0 Å². The first-order valence-electron chi connectivity index (χ1n) is 5.54. The first kappa shape index (κ1) is 13.0. The third-order valence-corrected chi connectivity index (χ3v) is 2.69. The minimum absolute atomic E-state index is 0.135. The van der Waals surface area contributed by atoms with Crippen LogP contribution in [0, 0.1) is 18.6 Å². The van der Waals surface area contributed by atoms with Crippen LogP contribution in [0.2, 0.25) is 0 Å². The second-order valence-corrected chi connectivity index (χ2v) is 4.05. The number of hydrogen-bond acceptors (Lipinski definition) is 2. The van der Waals surface area contributed by atoms with Gasteiger partial charge in [-0.15, -0.1) is 0 Å². The fourth-order valence-corrected chi connectivity index (χ4v) is 1.73. The molecule has 0 amide bonds. The van der Waals surface area contributed by atoms with Gasteiger partial charge in [-0.2, -0.15) is 0 Å². The minimum atomic E-state index is -1.23. The molecule has 0 saturated carbocycles. The molecule has 0 heterocycles. The zero-order chi connectivity index (χ0) is 14.0. The van der Waals surface area contributed by atoms with Gasteiger partial charge in [-0.1, -0.05) is 6.07 Å². The summed E-state index contributed by atoms with van der Waals surface area (Å²) in [4.78, 5) is 11.0. The highest BCUT2D eigenvalue weighted by Crippen LogP contribution is 2.26. The van der Waals surface area contributed by atoms with Crippen molar-refractivity contribution in [1.82, 2.24) is 0 Å². The third kappa shape index (κ3) is 2.70. The van der Waals surface area contributed by atoms with Crippen LogP contribution in [0.4, 0.5) is 20.2 Å². The Labute approximate surface area is 108 Å². The van der Waals surface area contributed by atoms with Crippen LogP contribution in [0.15, 0.2) is 36.4 Å². The summed E-state index contributed by atoms with van der Waals surface area (Å²) in [6.07, 6.45) is 0. The molecule has 0 aliphatic rings. The largest absolute Gasteiger partial charge is 0.478 e. The number of aryl methyl sites for hydroxylation is 1. The predicted molar refractivity (Wildman–Crippen MR) is 67.8 cm³/mol. The fourth-order valence-electron chi connectivity index (χ4n) is 1.73. The number of hydrogen-bond donors (Lipinski definition) is 2. The number of carboxylic acids is 1. The zero-order valence-electron chi connectivity index (χ0n) is 10.1. The monoisotopic (exact) mass is 263 g/mol. The summed E-state index contributed by atoms with van der Waals surface area (Å²) < 4.78 is 26.7. The van der Waals surface area contributed by atoms with Gasteiger partial charge in [-0.05, 0) is 42.8 Å². The highest BCUT2D eigenvalue weighted by Gasteiger charge is 2.15. The summed E-state index contributed by atoms with van der Waals surface area (Å²) in [5, 5.41) is 11.7. The van der Waals surface area contributed by atoms with Gasteiger partial charge in [0.1, 0.15) is 11.6 Å². The van der Waals surface area contributed by atoms with Gasteiger partial charge in [0.15, 0.2) is 0 Å². The Morgan fingerprint density at radius 3 is 2.58 bits per heavy atom. The van der Waals surface area contributed by atoms with E-state index in [4.69, 9.17) is 5.11 Å². The molecule has 98 valence electrons. The molecule has 2 N–H and O–H groups in total. The highest BCUT2D eigenvalue weighted by atomic mass is 19.1. The van der Waals surface area contributed by atoms with Crippen molar-refractivity contribution in [2.45, 2.75) is 6.92 Å². The number of carboxylic acid groups (broad SMARTS) is 1. The molecular formula is C14H11F2NO2. The normalized spacial score (nSPS) is 10.3. The average Bonchev–Trinajstić information content (AvgIpc) is 2.34. The first-order valence-corrected chi connectivity index (χ1v) is 5.54. The molecule has 2 aromatic rings. The molecule has 0 atom stereocenters. The smallest absolute Gasteiger partial charge is 0.337 e. The summed E-state index contributed by atoms with van der Waals surface area (Å²) in [7, 11) is 0. The Balaban J connectivity index is 2.46. The standard InChI is InChI=1S/C14H11F2NO2/c1-8-7-9(15)5-6-12(8)17-13-10(14(18)19)3-2-4-11(13)16/h2-7,17H,1H3,(H,18,19). The maximum absolute atomic E-state index is 13.7. The molecule has 0 unspecified atom stereocenters. The van der Waals surface area contributed by atoms with E-state index in [9.17, 15) is 13.6 Å². The summed E-state index contributed by atoms with van der Waals surface area (Å²) in [5.74, 6) is -2.32. The van der Waals surface area contributed by atoms with Gasteiger partial charge >= 0.3 is 5.97 Å². The van der Waals surface area contributed by atoms with E-state index in [2.05, 4.69) is 5.32 Å². The number of benzene rings is 2. The van der Waals surface area contributed by atoms with Gasteiger partial charge in [0, 0.05) is 5.69 Å². The van der Waals surface area contributed by atoms with Gasteiger partial charge in [0.2, 0.25) is 0 Å². The Kier molecular flexibility index (Phi) is 3.46. The lowest BCUT2D eigenvalue weighted by atomic mass is 10.1. The van der Waals surface area contributed by atoms with Gasteiger partial charge in [-0.25, -0.2) is 13.6 Å². The number of halogens is 2. The number of anilines is 2. The van der Waals surface area contributed by atoms with Crippen LogP contribution >= 0.6 is 0 Å². The lowest BCUT2D eigenvalue weighted by Gasteiger charge is -2.12. The number of rotatable bonds is 3. The van der Waals surface area contributed by atoms with E-state index in [0.29, 0.717) is 11.3 Å². The van der Waals surface area contributed by atoms with Crippen LogP contribution in [0.1, 0.15) is 15.9 Å².